The molecule has 1 N–H and O–H groups in total. The molecule has 92 valence electrons. The fraction of sp³-hybridized carbons (Fsp3) is 0.455. The molecule has 2 aromatic rings. The van der Waals surface area contributed by atoms with Gasteiger partial charge in [0.15, 0.2) is 0 Å². The summed E-state index contributed by atoms with van der Waals surface area (Å²) >= 11 is 12.3. The van der Waals surface area contributed by atoms with E-state index in [0.29, 0.717) is 5.02 Å². The normalized spacial score (nSPS) is 11.1. The molecule has 0 unspecified atom stereocenters. The zero-order valence-corrected chi connectivity index (χ0v) is 11.5. The minimum Gasteiger partial charge on any atom is -0.281 e. The summed E-state index contributed by atoms with van der Waals surface area (Å²) in [5.74, 6) is 0. The van der Waals surface area contributed by atoms with E-state index >= 15 is 0 Å². The first-order valence-electron chi connectivity index (χ1n) is 5.38. The van der Waals surface area contributed by atoms with Gasteiger partial charge in [-0.1, -0.05) is 23.2 Å². The van der Waals surface area contributed by atoms with Crippen molar-refractivity contribution in [3.8, 4) is 0 Å². The molecule has 6 heteroatoms. The molecular weight excluding hydrogens is 259 g/mol. The molecule has 2 heterocycles. The Morgan fingerprint density at radius 1 is 1.12 bits per heavy atom. The van der Waals surface area contributed by atoms with Crippen molar-refractivity contribution in [3.05, 3.63) is 32.8 Å². The number of aromatic nitrogens is 4. The molecular formula is C11H14Cl2N4. The third kappa shape index (κ3) is 2.33. The molecule has 0 atom stereocenters. The molecule has 0 radical (unpaired) electrons. The van der Waals surface area contributed by atoms with Crippen LogP contribution in [0.4, 0.5) is 0 Å². The minimum absolute atomic E-state index is 0.703. The Morgan fingerprint density at radius 3 is 2.24 bits per heavy atom. The van der Waals surface area contributed by atoms with E-state index in [0.717, 1.165) is 40.6 Å². The van der Waals surface area contributed by atoms with Crippen LogP contribution >= 0.6 is 23.2 Å². The highest BCUT2D eigenvalue weighted by Gasteiger charge is 2.13. The van der Waals surface area contributed by atoms with Gasteiger partial charge in [0.25, 0.3) is 0 Å². The fourth-order valence-electron chi connectivity index (χ4n) is 1.68. The molecule has 4 nitrogen and oxygen atoms in total. The smallest absolute Gasteiger partial charge is 0.0847 e. The summed E-state index contributed by atoms with van der Waals surface area (Å²) in [6, 6.07) is 0. The maximum Gasteiger partial charge on any atom is 0.0847 e. The Hall–Kier alpha value is -1.000. The zero-order chi connectivity index (χ0) is 12.6. The van der Waals surface area contributed by atoms with Gasteiger partial charge in [0, 0.05) is 7.05 Å². The zero-order valence-electron chi connectivity index (χ0n) is 10.0. The first-order chi connectivity index (χ1) is 8.00. The summed E-state index contributed by atoms with van der Waals surface area (Å²) in [6.45, 7) is 3.85. The summed E-state index contributed by atoms with van der Waals surface area (Å²) < 4.78 is 1.79. The number of nitrogens with zero attached hydrogens (tertiary/aromatic N) is 3. The van der Waals surface area contributed by atoms with Gasteiger partial charge in [-0.3, -0.25) is 9.78 Å². The Labute approximate surface area is 110 Å². The summed E-state index contributed by atoms with van der Waals surface area (Å²) in [4.78, 5) is 0. The van der Waals surface area contributed by atoms with Crippen molar-refractivity contribution in [2.75, 3.05) is 0 Å². The lowest BCUT2D eigenvalue weighted by Crippen LogP contribution is -1.96. The van der Waals surface area contributed by atoms with Crippen molar-refractivity contribution in [2.45, 2.75) is 26.7 Å². The summed E-state index contributed by atoms with van der Waals surface area (Å²) in [6.07, 6.45) is 1.48. The number of hydrogen-bond donors (Lipinski definition) is 1. The number of halogens is 2. The van der Waals surface area contributed by atoms with Gasteiger partial charge in [0.1, 0.15) is 0 Å². The largest absolute Gasteiger partial charge is 0.281 e. The van der Waals surface area contributed by atoms with E-state index in [2.05, 4.69) is 15.3 Å². The van der Waals surface area contributed by atoms with Gasteiger partial charge in [-0.2, -0.15) is 10.2 Å². The van der Waals surface area contributed by atoms with Crippen LogP contribution < -0.4 is 0 Å². The third-order valence-corrected chi connectivity index (χ3v) is 3.86. The predicted octanol–water partition coefficient (Wildman–Crippen LogP) is 2.85. The van der Waals surface area contributed by atoms with Gasteiger partial charge in [0.05, 0.1) is 32.8 Å². The molecule has 0 fully saturated rings. The molecule has 0 bridgehead atoms. The molecule has 2 rings (SSSR count). The average molecular weight is 273 g/mol. The maximum atomic E-state index is 6.18. The van der Waals surface area contributed by atoms with Gasteiger partial charge in [-0.25, -0.2) is 0 Å². The van der Waals surface area contributed by atoms with Crippen molar-refractivity contribution in [2.24, 2.45) is 7.05 Å². The van der Waals surface area contributed by atoms with E-state index in [4.69, 9.17) is 23.2 Å². The van der Waals surface area contributed by atoms with Crippen LogP contribution in [0.25, 0.3) is 0 Å². The van der Waals surface area contributed by atoms with Crippen LogP contribution in [-0.4, -0.2) is 20.0 Å². The summed E-state index contributed by atoms with van der Waals surface area (Å²) in [5.41, 5.74) is 3.63. The van der Waals surface area contributed by atoms with Crippen molar-refractivity contribution in [1.82, 2.24) is 20.0 Å². The second kappa shape index (κ2) is 4.70. The molecule has 0 saturated carbocycles. The molecule has 0 aromatic carbocycles. The van der Waals surface area contributed by atoms with E-state index in [1.54, 1.807) is 4.68 Å². The van der Waals surface area contributed by atoms with Crippen LogP contribution in [0.2, 0.25) is 10.0 Å². The van der Waals surface area contributed by atoms with Crippen LogP contribution in [-0.2, 0) is 19.9 Å². The lowest BCUT2D eigenvalue weighted by Gasteiger charge is -1.96. The fourth-order valence-corrected chi connectivity index (χ4v) is 2.11. The minimum atomic E-state index is 0.703. The lowest BCUT2D eigenvalue weighted by atomic mass is 10.2. The van der Waals surface area contributed by atoms with E-state index in [9.17, 15) is 0 Å². The second-order valence-corrected chi connectivity index (χ2v) is 4.83. The second-order valence-electron chi connectivity index (χ2n) is 4.08. The van der Waals surface area contributed by atoms with Crippen molar-refractivity contribution < 1.29 is 0 Å². The highest BCUT2D eigenvalue weighted by molar-refractivity contribution is 6.32. The highest BCUT2D eigenvalue weighted by Crippen LogP contribution is 2.23. The average Bonchev–Trinajstić information content (AvgIpc) is 2.74. The standard InChI is InChI=1S/C11H14Cl2N4/c1-6-10(12)8(15-14-6)4-5-9-11(13)7(2)17(3)16-9/h4-5H2,1-3H3,(H,14,15). The van der Waals surface area contributed by atoms with Crippen LogP contribution in [0.1, 0.15) is 22.8 Å². The van der Waals surface area contributed by atoms with Gasteiger partial charge < -0.3 is 0 Å². The van der Waals surface area contributed by atoms with E-state index in [1.807, 2.05) is 20.9 Å². The molecule has 0 aliphatic rings. The molecule has 0 amide bonds. The van der Waals surface area contributed by atoms with Crippen molar-refractivity contribution in [1.29, 1.82) is 0 Å². The number of H-pyrrole nitrogens is 1. The summed E-state index contributed by atoms with van der Waals surface area (Å²) in [5, 5.41) is 12.8. The van der Waals surface area contributed by atoms with Crippen LogP contribution in [0.5, 0.6) is 0 Å². The molecule has 0 aliphatic heterocycles. The number of aryl methyl sites for hydroxylation is 4. The van der Waals surface area contributed by atoms with Crippen LogP contribution in [0.15, 0.2) is 0 Å². The number of nitrogens with one attached hydrogen (secondary N) is 1. The topological polar surface area (TPSA) is 46.5 Å². The van der Waals surface area contributed by atoms with E-state index in [-0.39, 0.29) is 0 Å². The Bertz CT molecular complexity index is 542. The predicted molar refractivity (Wildman–Crippen MR) is 68.7 cm³/mol. The lowest BCUT2D eigenvalue weighted by molar-refractivity contribution is 0.714. The van der Waals surface area contributed by atoms with E-state index < -0.39 is 0 Å². The van der Waals surface area contributed by atoms with Crippen LogP contribution in [0.3, 0.4) is 0 Å². The van der Waals surface area contributed by atoms with Gasteiger partial charge in [-0.15, -0.1) is 0 Å². The van der Waals surface area contributed by atoms with Gasteiger partial charge in [0.2, 0.25) is 0 Å². The quantitative estimate of drug-likeness (QED) is 0.934. The molecule has 0 aliphatic carbocycles. The van der Waals surface area contributed by atoms with E-state index in [1.165, 1.54) is 0 Å². The van der Waals surface area contributed by atoms with Gasteiger partial charge >= 0.3 is 0 Å². The molecule has 0 saturated heterocycles. The van der Waals surface area contributed by atoms with Gasteiger partial charge in [-0.05, 0) is 26.7 Å². The maximum absolute atomic E-state index is 6.18. The first-order valence-corrected chi connectivity index (χ1v) is 6.13. The monoisotopic (exact) mass is 272 g/mol. The van der Waals surface area contributed by atoms with Crippen LogP contribution in [0, 0.1) is 13.8 Å². The molecule has 17 heavy (non-hydrogen) atoms. The first kappa shape index (κ1) is 12.5. The van der Waals surface area contributed by atoms with Crippen molar-refractivity contribution in [3.63, 3.8) is 0 Å². The third-order valence-electron chi connectivity index (χ3n) is 2.87. The van der Waals surface area contributed by atoms with Crippen molar-refractivity contribution >= 4 is 23.2 Å². The molecule has 2 aromatic heterocycles. The summed E-state index contributed by atoms with van der Waals surface area (Å²) in [7, 11) is 1.89. The highest BCUT2D eigenvalue weighted by atomic mass is 35.5. The number of rotatable bonds is 3. The SMILES string of the molecule is Cc1[nH]nc(CCc2nn(C)c(C)c2Cl)c1Cl. The Morgan fingerprint density at radius 2 is 1.76 bits per heavy atom. The number of aromatic amines is 1. The Kier molecular flexibility index (Phi) is 3.45. The number of hydrogen-bond acceptors (Lipinski definition) is 2. The Balaban J connectivity index is 2.12. The molecule has 0 spiro atoms.